The summed E-state index contributed by atoms with van der Waals surface area (Å²) in [6.07, 6.45) is 0.469. The van der Waals surface area contributed by atoms with Gasteiger partial charge in [0.05, 0.1) is 7.11 Å². The Labute approximate surface area is 134 Å². The SMILES string of the molecule is CC(C)(C)c1cc(O)cc(C(C)(C)C)c1O.CCC(=O)OC. The van der Waals surface area contributed by atoms with E-state index in [1.807, 2.05) is 41.5 Å². The van der Waals surface area contributed by atoms with E-state index in [-0.39, 0.29) is 22.5 Å². The second-order valence-corrected chi connectivity index (χ2v) is 7.32. The van der Waals surface area contributed by atoms with Crippen LogP contribution in [0.25, 0.3) is 0 Å². The minimum Gasteiger partial charge on any atom is -0.508 e. The third-order valence-electron chi connectivity index (χ3n) is 3.23. The standard InChI is InChI=1S/C14H22O2.C4H8O2/c1-13(2,3)10-7-9(15)8-11(12(10)16)14(4,5)6;1-3-4(5)6-2/h7-8,15-16H,1-6H3;3H2,1-2H3. The number of carbonyl (C=O) groups excluding carboxylic acids is 1. The Balaban J connectivity index is 0.000000626. The number of carbonyl (C=O) groups is 1. The minimum absolute atomic E-state index is 0.157. The Morgan fingerprint density at radius 3 is 1.55 bits per heavy atom. The number of phenolic OH excluding ortho intramolecular Hbond substituents is 2. The molecule has 4 heteroatoms. The van der Waals surface area contributed by atoms with Crippen molar-refractivity contribution in [3.05, 3.63) is 23.3 Å². The van der Waals surface area contributed by atoms with Gasteiger partial charge >= 0.3 is 5.97 Å². The molecule has 0 atom stereocenters. The first kappa shape index (κ1) is 20.3. The average molecular weight is 310 g/mol. The highest BCUT2D eigenvalue weighted by Crippen LogP contribution is 2.41. The van der Waals surface area contributed by atoms with Gasteiger partial charge in [-0.1, -0.05) is 48.5 Å². The van der Waals surface area contributed by atoms with Crippen molar-refractivity contribution in [1.82, 2.24) is 0 Å². The number of rotatable bonds is 1. The lowest BCUT2D eigenvalue weighted by atomic mass is 9.79. The molecule has 0 unspecified atom stereocenters. The Morgan fingerprint density at radius 2 is 1.36 bits per heavy atom. The molecule has 1 rings (SSSR count). The molecule has 0 saturated carbocycles. The minimum atomic E-state index is -0.178. The molecule has 2 N–H and O–H groups in total. The van der Waals surface area contributed by atoms with Crippen LogP contribution in [-0.2, 0) is 20.4 Å². The predicted molar refractivity (Wildman–Crippen MR) is 89.5 cm³/mol. The van der Waals surface area contributed by atoms with Gasteiger partial charge in [-0.3, -0.25) is 4.79 Å². The average Bonchev–Trinajstić information content (AvgIpc) is 2.38. The first-order valence-electron chi connectivity index (χ1n) is 7.48. The predicted octanol–water partition coefficient (Wildman–Crippen LogP) is 4.26. The second-order valence-electron chi connectivity index (χ2n) is 7.32. The van der Waals surface area contributed by atoms with Gasteiger partial charge in [0.1, 0.15) is 11.5 Å². The van der Waals surface area contributed by atoms with E-state index in [0.717, 1.165) is 11.1 Å². The lowest BCUT2D eigenvalue weighted by Gasteiger charge is -2.27. The van der Waals surface area contributed by atoms with E-state index in [0.29, 0.717) is 12.2 Å². The molecule has 0 amide bonds. The number of benzene rings is 1. The molecule has 0 aliphatic rings. The van der Waals surface area contributed by atoms with Crippen molar-refractivity contribution in [3.8, 4) is 11.5 Å². The van der Waals surface area contributed by atoms with Crippen LogP contribution < -0.4 is 0 Å². The summed E-state index contributed by atoms with van der Waals surface area (Å²) in [7, 11) is 1.38. The summed E-state index contributed by atoms with van der Waals surface area (Å²) in [5, 5.41) is 20.0. The molecule has 0 aliphatic heterocycles. The number of hydrogen-bond acceptors (Lipinski definition) is 4. The van der Waals surface area contributed by atoms with E-state index in [2.05, 4.69) is 4.74 Å². The van der Waals surface area contributed by atoms with E-state index in [1.54, 1.807) is 19.1 Å². The molecule has 22 heavy (non-hydrogen) atoms. The third-order valence-corrected chi connectivity index (χ3v) is 3.23. The lowest BCUT2D eigenvalue weighted by molar-refractivity contribution is -0.140. The molecule has 0 fully saturated rings. The molecule has 0 bridgehead atoms. The second kappa shape index (κ2) is 7.52. The zero-order valence-electron chi connectivity index (χ0n) is 15.1. The summed E-state index contributed by atoms with van der Waals surface area (Å²) in [5.74, 6) is 0.362. The fourth-order valence-corrected chi connectivity index (χ4v) is 1.91. The van der Waals surface area contributed by atoms with Gasteiger partial charge in [0, 0.05) is 17.5 Å². The van der Waals surface area contributed by atoms with Crippen molar-refractivity contribution in [2.45, 2.75) is 65.7 Å². The van der Waals surface area contributed by atoms with Crippen LogP contribution in [0.3, 0.4) is 0 Å². The summed E-state index contributed by atoms with van der Waals surface area (Å²) in [6.45, 7) is 13.9. The molecular formula is C18H30O4. The maximum atomic E-state index is 10.3. The van der Waals surface area contributed by atoms with Gasteiger partial charge in [-0.25, -0.2) is 0 Å². The van der Waals surface area contributed by atoms with E-state index in [4.69, 9.17) is 0 Å². The normalized spacial score (nSPS) is 11.5. The molecule has 0 aromatic heterocycles. The molecule has 1 aromatic carbocycles. The van der Waals surface area contributed by atoms with Crippen molar-refractivity contribution >= 4 is 5.97 Å². The zero-order valence-corrected chi connectivity index (χ0v) is 15.1. The quantitative estimate of drug-likeness (QED) is 0.600. The van der Waals surface area contributed by atoms with Crippen LogP contribution in [0.4, 0.5) is 0 Å². The van der Waals surface area contributed by atoms with E-state index in [1.165, 1.54) is 7.11 Å². The van der Waals surface area contributed by atoms with Crippen molar-refractivity contribution in [3.63, 3.8) is 0 Å². The Morgan fingerprint density at radius 1 is 1.00 bits per heavy atom. The maximum absolute atomic E-state index is 10.3. The number of ether oxygens (including phenoxy) is 1. The van der Waals surface area contributed by atoms with Gasteiger partial charge in [0.2, 0.25) is 0 Å². The van der Waals surface area contributed by atoms with Gasteiger partial charge in [0.15, 0.2) is 0 Å². The van der Waals surface area contributed by atoms with Crippen LogP contribution >= 0.6 is 0 Å². The number of aromatic hydroxyl groups is 2. The molecule has 0 heterocycles. The zero-order chi connectivity index (χ0) is 17.7. The molecule has 126 valence electrons. The topological polar surface area (TPSA) is 66.8 Å². The van der Waals surface area contributed by atoms with E-state index < -0.39 is 0 Å². The first-order valence-corrected chi connectivity index (χ1v) is 7.48. The van der Waals surface area contributed by atoms with Gasteiger partial charge < -0.3 is 14.9 Å². The summed E-state index contributed by atoms with van der Waals surface area (Å²) in [6, 6.07) is 3.29. The third kappa shape index (κ3) is 5.96. The number of methoxy groups -OCH3 is 1. The van der Waals surface area contributed by atoms with Crippen molar-refractivity contribution in [2.24, 2.45) is 0 Å². The van der Waals surface area contributed by atoms with Crippen LogP contribution in [0, 0.1) is 0 Å². The van der Waals surface area contributed by atoms with Crippen LogP contribution in [0.2, 0.25) is 0 Å². The van der Waals surface area contributed by atoms with Gasteiger partial charge in [-0.2, -0.15) is 0 Å². The van der Waals surface area contributed by atoms with Crippen molar-refractivity contribution < 1.29 is 19.7 Å². The molecule has 0 aliphatic carbocycles. The molecular weight excluding hydrogens is 280 g/mol. The lowest BCUT2D eigenvalue weighted by Crippen LogP contribution is -2.16. The Bertz CT molecular complexity index is 464. The monoisotopic (exact) mass is 310 g/mol. The first-order chi connectivity index (χ1) is 9.84. The van der Waals surface area contributed by atoms with E-state index in [9.17, 15) is 15.0 Å². The summed E-state index contributed by atoms with van der Waals surface area (Å²) < 4.78 is 4.26. The fourth-order valence-electron chi connectivity index (χ4n) is 1.91. The maximum Gasteiger partial charge on any atom is 0.305 e. The van der Waals surface area contributed by atoms with Crippen LogP contribution in [0.15, 0.2) is 12.1 Å². The van der Waals surface area contributed by atoms with Crippen LogP contribution in [-0.4, -0.2) is 23.3 Å². The number of hydrogen-bond donors (Lipinski definition) is 2. The van der Waals surface area contributed by atoms with Gasteiger partial charge in [0.25, 0.3) is 0 Å². The highest BCUT2D eigenvalue weighted by Gasteiger charge is 2.26. The number of esters is 1. The Kier molecular flexibility index (Phi) is 6.94. The van der Waals surface area contributed by atoms with Gasteiger partial charge in [-0.05, 0) is 23.0 Å². The molecule has 0 spiro atoms. The summed E-state index contributed by atoms with van der Waals surface area (Å²) in [4.78, 5) is 9.96. The molecule has 4 nitrogen and oxygen atoms in total. The van der Waals surface area contributed by atoms with Crippen LogP contribution in [0.5, 0.6) is 11.5 Å². The molecule has 0 radical (unpaired) electrons. The number of phenols is 2. The van der Waals surface area contributed by atoms with Crippen molar-refractivity contribution in [2.75, 3.05) is 7.11 Å². The summed E-state index contributed by atoms with van der Waals surface area (Å²) >= 11 is 0. The molecule has 0 saturated heterocycles. The smallest absolute Gasteiger partial charge is 0.305 e. The summed E-state index contributed by atoms with van der Waals surface area (Å²) in [5.41, 5.74) is 1.22. The largest absolute Gasteiger partial charge is 0.508 e. The Hall–Kier alpha value is -1.71. The van der Waals surface area contributed by atoms with Crippen molar-refractivity contribution in [1.29, 1.82) is 0 Å². The highest BCUT2D eigenvalue weighted by molar-refractivity contribution is 5.68. The molecule has 1 aromatic rings. The highest BCUT2D eigenvalue weighted by atomic mass is 16.5. The van der Waals surface area contributed by atoms with Crippen LogP contribution in [0.1, 0.15) is 66.0 Å². The fraction of sp³-hybridized carbons (Fsp3) is 0.611. The van der Waals surface area contributed by atoms with E-state index >= 15 is 0 Å². The van der Waals surface area contributed by atoms with Gasteiger partial charge in [-0.15, -0.1) is 0 Å².